The minimum absolute atomic E-state index is 0.129. The minimum Gasteiger partial charge on any atom is -0.465 e. The van der Waals surface area contributed by atoms with Crippen LogP contribution in [0.2, 0.25) is 0 Å². The van der Waals surface area contributed by atoms with Gasteiger partial charge < -0.3 is 18.6 Å². The Hall–Kier alpha value is -3.28. The van der Waals surface area contributed by atoms with Gasteiger partial charge >= 0.3 is 5.97 Å². The van der Waals surface area contributed by atoms with Crippen LogP contribution in [0.5, 0.6) is 11.5 Å². The summed E-state index contributed by atoms with van der Waals surface area (Å²) in [4.78, 5) is 24.9. The maximum absolute atomic E-state index is 12.7. The van der Waals surface area contributed by atoms with Crippen molar-refractivity contribution in [1.29, 1.82) is 0 Å². The van der Waals surface area contributed by atoms with E-state index in [1.54, 1.807) is 42.5 Å². The van der Waals surface area contributed by atoms with Crippen LogP contribution in [-0.2, 0) is 4.74 Å². The van der Waals surface area contributed by atoms with Crippen LogP contribution in [0.3, 0.4) is 0 Å². The topological polar surface area (TPSA) is 75.0 Å². The molecule has 0 unspecified atom stereocenters. The highest BCUT2D eigenvalue weighted by atomic mass is 16.7. The Morgan fingerprint density at radius 1 is 1.08 bits per heavy atom. The van der Waals surface area contributed by atoms with E-state index in [2.05, 4.69) is 0 Å². The predicted octanol–water partition coefficient (Wildman–Crippen LogP) is 2.98. The SMILES string of the molecule is COC(=O)c1c(-c2ccc3c(c2)OCO3)oc2ccccc2c1=O. The van der Waals surface area contributed by atoms with Crippen LogP contribution in [0.15, 0.2) is 51.7 Å². The number of carbonyl (C=O) groups excluding carboxylic acids is 1. The molecule has 6 nitrogen and oxygen atoms in total. The molecular formula is C18H12O6. The quantitative estimate of drug-likeness (QED) is 0.675. The van der Waals surface area contributed by atoms with Gasteiger partial charge in [0.2, 0.25) is 12.2 Å². The van der Waals surface area contributed by atoms with Crippen molar-refractivity contribution in [3.05, 3.63) is 58.3 Å². The van der Waals surface area contributed by atoms with Crippen molar-refractivity contribution in [3.63, 3.8) is 0 Å². The lowest BCUT2D eigenvalue weighted by Gasteiger charge is -2.09. The molecule has 0 saturated carbocycles. The molecular weight excluding hydrogens is 312 g/mol. The van der Waals surface area contributed by atoms with Crippen LogP contribution >= 0.6 is 0 Å². The zero-order chi connectivity index (χ0) is 16.7. The minimum atomic E-state index is -0.748. The molecule has 1 aliphatic rings. The average Bonchev–Trinajstić information content (AvgIpc) is 3.08. The van der Waals surface area contributed by atoms with Gasteiger partial charge in [-0.1, -0.05) is 12.1 Å². The first kappa shape index (κ1) is 14.3. The molecule has 2 aromatic carbocycles. The van der Waals surface area contributed by atoms with Crippen molar-refractivity contribution in [1.82, 2.24) is 0 Å². The van der Waals surface area contributed by atoms with Gasteiger partial charge in [-0.3, -0.25) is 4.79 Å². The van der Waals surface area contributed by atoms with Crippen molar-refractivity contribution in [2.75, 3.05) is 13.9 Å². The number of carbonyl (C=O) groups is 1. The number of hydrogen-bond donors (Lipinski definition) is 0. The van der Waals surface area contributed by atoms with E-state index in [1.165, 1.54) is 7.11 Å². The molecule has 6 heteroatoms. The summed E-state index contributed by atoms with van der Waals surface area (Å²) < 4.78 is 21.2. The van der Waals surface area contributed by atoms with Crippen molar-refractivity contribution in [2.24, 2.45) is 0 Å². The Labute approximate surface area is 136 Å². The molecule has 0 aliphatic carbocycles. The van der Waals surface area contributed by atoms with E-state index in [0.29, 0.717) is 28.0 Å². The molecule has 3 aromatic rings. The van der Waals surface area contributed by atoms with E-state index < -0.39 is 11.4 Å². The molecule has 0 bridgehead atoms. The zero-order valence-corrected chi connectivity index (χ0v) is 12.7. The molecule has 120 valence electrons. The molecule has 0 amide bonds. The van der Waals surface area contributed by atoms with Gasteiger partial charge in [-0.15, -0.1) is 0 Å². The lowest BCUT2D eigenvalue weighted by Crippen LogP contribution is -2.18. The second-order valence-electron chi connectivity index (χ2n) is 5.19. The molecule has 0 atom stereocenters. The summed E-state index contributed by atoms with van der Waals surface area (Å²) in [7, 11) is 1.22. The number of benzene rings is 2. The van der Waals surface area contributed by atoms with E-state index in [4.69, 9.17) is 18.6 Å². The van der Waals surface area contributed by atoms with Gasteiger partial charge in [0.15, 0.2) is 22.8 Å². The Bertz CT molecular complexity index is 1020. The van der Waals surface area contributed by atoms with Crippen LogP contribution in [0.25, 0.3) is 22.3 Å². The first-order chi connectivity index (χ1) is 11.7. The second kappa shape index (κ2) is 5.42. The molecule has 2 heterocycles. The van der Waals surface area contributed by atoms with E-state index in [-0.39, 0.29) is 18.1 Å². The summed E-state index contributed by atoms with van der Waals surface area (Å²) in [5, 5.41) is 0.322. The summed E-state index contributed by atoms with van der Waals surface area (Å²) >= 11 is 0. The lowest BCUT2D eigenvalue weighted by atomic mass is 10.0. The van der Waals surface area contributed by atoms with Crippen LogP contribution < -0.4 is 14.9 Å². The number of fused-ring (bicyclic) bond motifs is 2. The molecule has 0 N–H and O–H groups in total. The van der Waals surface area contributed by atoms with Crippen LogP contribution in [0.4, 0.5) is 0 Å². The Morgan fingerprint density at radius 2 is 1.88 bits per heavy atom. The van der Waals surface area contributed by atoms with Gasteiger partial charge in [-0.2, -0.15) is 0 Å². The highest BCUT2D eigenvalue weighted by Crippen LogP contribution is 2.37. The van der Waals surface area contributed by atoms with Gasteiger partial charge in [0, 0.05) is 5.56 Å². The van der Waals surface area contributed by atoms with Crippen LogP contribution in [0.1, 0.15) is 10.4 Å². The summed E-state index contributed by atoms with van der Waals surface area (Å²) in [5.41, 5.74) is 0.344. The van der Waals surface area contributed by atoms with E-state index in [0.717, 1.165) is 0 Å². The van der Waals surface area contributed by atoms with Crippen molar-refractivity contribution in [3.8, 4) is 22.8 Å². The molecule has 1 aliphatic heterocycles. The summed E-state index contributed by atoms with van der Waals surface area (Å²) in [6.45, 7) is 0.129. The fourth-order valence-electron chi connectivity index (χ4n) is 2.67. The van der Waals surface area contributed by atoms with Crippen LogP contribution in [0, 0.1) is 0 Å². The maximum Gasteiger partial charge on any atom is 0.345 e. The van der Waals surface area contributed by atoms with Crippen molar-refractivity contribution < 1.29 is 23.4 Å². The molecule has 0 spiro atoms. The first-order valence-electron chi connectivity index (χ1n) is 7.23. The Morgan fingerprint density at radius 3 is 2.71 bits per heavy atom. The number of methoxy groups -OCH3 is 1. The molecule has 24 heavy (non-hydrogen) atoms. The predicted molar refractivity (Wildman–Crippen MR) is 85.4 cm³/mol. The Kier molecular flexibility index (Phi) is 3.23. The van der Waals surface area contributed by atoms with E-state index in [1.807, 2.05) is 0 Å². The van der Waals surface area contributed by atoms with Gasteiger partial charge in [-0.25, -0.2) is 4.79 Å². The summed E-state index contributed by atoms with van der Waals surface area (Å²) in [6.07, 6.45) is 0. The lowest BCUT2D eigenvalue weighted by molar-refractivity contribution is 0.0598. The number of ether oxygens (including phenoxy) is 3. The normalized spacial score (nSPS) is 12.4. The van der Waals surface area contributed by atoms with Gasteiger partial charge in [0.05, 0.1) is 12.5 Å². The van der Waals surface area contributed by atoms with Gasteiger partial charge in [-0.05, 0) is 30.3 Å². The number of rotatable bonds is 2. The number of esters is 1. The van der Waals surface area contributed by atoms with Crippen molar-refractivity contribution in [2.45, 2.75) is 0 Å². The fourth-order valence-corrected chi connectivity index (χ4v) is 2.67. The van der Waals surface area contributed by atoms with E-state index >= 15 is 0 Å². The summed E-state index contributed by atoms with van der Waals surface area (Å²) in [5.74, 6) is 0.520. The number of para-hydroxylation sites is 1. The monoisotopic (exact) mass is 324 g/mol. The van der Waals surface area contributed by atoms with Crippen LogP contribution in [-0.4, -0.2) is 19.9 Å². The number of hydrogen-bond acceptors (Lipinski definition) is 6. The van der Waals surface area contributed by atoms with E-state index in [9.17, 15) is 9.59 Å². The maximum atomic E-state index is 12.7. The molecule has 0 radical (unpaired) electrons. The standard InChI is InChI=1S/C18H12O6/c1-21-18(20)15-16(19)11-4-2-3-5-12(11)24-17(15)10-6-7-13-14(8-10)23-9-22-13/h2-8H,9H2,1H3. The third-order valence-corrected chi connectivity index (χ3v) is 3.82. The third-order valence-electron chi connectivity index (χ3n) is 3.82. The highest BCUT2D eigenvalue weighted by Gasteiger charge is 2.24. The van der Waals surface area contributed by atoms with Gasteiger partial charge in [0.25, 0.3) is 0 Å². The van der Waals surface area contributed by atoms with Crippen molar-refractivity contribution >= 4 is 16.9 Å². The third kappa shape index (κ3) is 2.11. The zero-order valence-electron chi connectivity index (χ0n) is 12.7. The Balaban J connectivity index is 2.03. The molecule has 0 saturated heterocycles. The molecule has 1 aromatic heterocycles. The summed E-state index contributed by atoms with van der Waals surface area (Å²) in [6, 6.07) is 11.8. The fraction of sp³-hybridized carbons (Fsp3) is 0.111. The second-order valence-corrected chi connectivity index (χ2v) is 5.19. The highest BCUT2D eigenvalue weighted by molar-refractivity contribution is 5.99. The van der Waals surface area contributed by atoms with Gasteiger partial charge in [0.1, 0.15) is 5.58 Å². The average molecular weight is 324 g/mol. The first-order valence-corrected chi connectivity index (χ1v) is 7.23. The molecule has 4 rings (SSSR count). The largest absolute Gasteiger partial charge is 0.465 e. The molecule has 0 fully saturated rings. The smallest absolute Gasteiger partial charge is 0.345 e.